The summed E-state index contributed by atoms with van der Waals surface area (Å²) in [5.74, 6) is 0.492. The third kappa shape index (κ3) is 4.42. The van der Waals surface area contributed by atoms with Crippen molar-refractivity contribution in [2.75, 3.05) is 25.0 Å². The SMILES string of the molecule is O=[N+]([O-])c1ccc(Sc2c[nH]c3cnc(Nc4ccc(C5CNCCO5)cc4)nc23)cc1. The lowest BCUT2D eigenvalue weighted by Gasteiger charge is -2.24. The van der Waals surface area contributed by atoms with Gasteiger partial charge in [0.05, 0.1) is 34.2 Å². The monoisotopic (exact) mass is 448 g/mol. The van der Waals surface area contributed by atoms with Crippen LogP contribution in [0.25, 0.3) is 11.0 Å². The first-order chi connectivity index (χ1) is 15.7. The first-order valence-corrected chi connectivity index (χ1v) is 10.9. The lowest BCUT2D eigenvalue weighted by atomic mass is 10.1. The van der Waals surface area contributed by atoms with Crippen LogP contribution in [0.2, 0.25) is 0 Å². The van der Waals surface area contributed by atoms with E-state index in [0.717, 1.165) is 51.8 Å². The van der Waals surface area contributed by atoms with E-state index in [1.54, 1.807) is 18.3 Å². The van der Waals surface area contributed by atoms with Crippen molar-refractivity contribution >= 4 is 40.1 Å². The number of rotatable bonds is 6. The van der Waals surface area contributed by atoms with Gasteiger partial charge in [0.2, 0.25) is 5.95 Å². The predicted molar refractivity (Wildman–Crippen MR) is 122 cm³/mol. The molecule has 0 aliphatic carbocycles. The second-order valence-corrected chi connectivity index (χ2v) is 8.39. The van der Waals surface area contributed by atoms with Crippen molar-refractivity contribution < 1.29 is 9.66 Å². The molecule has 1 saturated heterocycles. The van der Waals surface area contributed by atoms with Gasteiger partial charge in [0.15, 0.2) is 0 Å². The fraction of sp³-hybridized carbons (Fsp3) is 0.182. The molecule has 32 heavy (non-hydrogen) atoms. The average Bonchev–Trinajstić information content (AvgIpc) is 3.22. The number of aromatic nitrogens is 3. The second-order valence-electron chi connectivity index (χ2n) is 7.27. The number of ether oxygens (including phenoxy) is 1. The largest absolute Gasteiger partial charge is 0.371 e. The standard InChI is InChI=1S/C22H20N6O3S/c29-28(30)16-5-7-17(8-6-16)32-20-13-24-18-11-25-22(27-21(18)20)26-15-3-1-14(2-4-15)19-12-23-9-10-31-19/h1-8,11,13,19,23-24H,9-10,12H2,(H,25,26,27). The molecule has 1 unspecified atom stereocenters. The highest BCUT2D eigenvalue weighted by Crippen LogP contribution is 2.34. The van der Waals surface area contributed by atoms with E-state index in [4.69, 9.17) is 4.74 Å². The third-order valence-corrected chi connectivity index (χ3v) is 6.16. The zero-order valence-corrected chi connectivity index (χ0v) is 17.8. The molecule has 3 heterocycles. The molecule has 3 N–H and O–H groups in total. The van der Waals surface area contributed by atoms with Crippen molar-refractivity contribution in [1.82, 2.24) is 20.3 Å². The quantitative estimate of drug-likeness (QED) is 0.293. The van der Waals surface area contributed by atoms with Gasteiger partial charge in [0.25, 0.3) is 5.69 Å². The number of morpholine rings is 1. The number of nitrogens with zero attached hydrogens (tertiary/aromatic N) is 3. The van der Waals surface area contributed by atoms with E-state index in [-0.39, 0.29) is 11.8 Å². The molecule has 2 aromatic carbocycles. The van der Waals surface area contributed by atoms with Gasteiger partial charge < -0.3 is 20.4 Å². The maximum atomic E-state index is 10.9. The summed E-state index contributed by atoms with van der Waals surface area (Å²) in [6.07, 6.45) is 3.67. The van der Waals surface area contributed by atoms with Crippen molar-refractivity contribution in [3.8, 4) is 0 Å². The molecule has 1 aliphatic rings. The Morgan fingerprint density at radius 2 is 1.97 bits per heavy atom. The Morgan fingerprint density at radius 1 is 1.16 bits per heavy atom. The van der Waals surface area contributed by atoms with Crippen LogP contribution < -0.4 is 10.6 Å². The van der Waals surface area contributed by atoms with Crippen molar-refractivity contribution in [3.63, 3.8) is 0 Å². The number of H-pyrrole nitrogens is 1. The number of hydrogen-bond donors (Lipinski definition) is 3. The smallest absolute Gasteiger partial charge is 0.269 e. The summed E-state index contributed by atoms with van der Waals surface area (Å²) in [4.78, 5) is 24.5. The number of nitrogens with one attached hydrogen (secondary N) is 3. The van der Waals surface area contributed by atoms with Crippen LogP contribution in [0.15, 0.2) is 70.7 Å². The third-order valence-electron chi connectivity index (χ3n) is 5.12. The first-order valence-electron chi connectivity index (χ1n) is 10.1. The Hall–Kier alpha value is -3.47. The highest BCUT2D eigenvalue weighted by molar-refractivity contribution is 7.99. The maximum Gasteiger partial charge on any atom is 0.269 e. The number of nitro benzene ring substituents is 1. The molecule has 9 nitrogen and oxygen atoms in total. The topological polar surface area (TPSA) is 118 Å². The Kier molecular flexibility index (Phi) is 5.71. The van der Waals surface area contributed by atoms with Crippen molar-refractivity contribution in [2.45, 2.75) is 15.9 Å². The number of anilines is 2. The molecule has 5 rings (SSSR count). The molecule has 162 valence electrons. The van der Waals surface area contributed by atoms with E-state index in [1.165, 1.54) is 23.9 Å². The second kappa shape index (κ2) is 8.95. The molecular weight excluding hydrogens is 428 g/mol. The van der Waals surface area contributed by atoms with Gasteiger partial charge in [-0.2, -0.15) is 0 Å². The van der Waals surface area contributed by atoms with E-state index >= 15 is 0 Å². The zero-order chi connectivity index (χ0) is 21.9. The first kappa shape index (κ1) is 20.4. The van der Waals surface area contributed by atoms with E-state index in [2.05, 4.69) is 25.6 Å². The van der Waals surface area contributed by atoms with E-state index in [1.807, 2.05) is 30.5 Å². The molecule has 0 radical (unpaired) electrons. The number of non-ortho nitro benzene ring substituents is 1. The molecule has 0 saturated carbocycles. The zero-order valence-electron chi connectivity index (χ0n) is 16.9. The fourth-order valence-corrected chi connectivity index (χ4v) is 4.37. The average molecular weight is 449 g/mol. The molecule has 1 aliphatic heterocycles. The summed E-state index contributed by atoms with van der Waals surface area (Å²) in [7, 11) is 0. The van der Waals surface area contributed by atoms with Gasteiger partial charge >= 0.3 is 0 Å². The predicted octanol–water partition coefficient (Wildman–Crippen LogP) is 4.42. The minimum absolute atomic E-state index is 0.0689. The number of fused-ring (bicyclic) bond motifs is 1. The summed E-state index contributed by atoms with van der Waals surface area (Å²) in [5, 5.41) is 17.4. The Morgan fingerprint density at radius 3 is 2.69 bits per heavy atom. The molecule has 1 fully saturated rings. The van der Waals surface area contributed by atoms with Crippen LogP contribution in [0, 0.1) is 10.1 Å². The minimum atomic E-state index is -0.406. The normalized spacial score (nSPS) is 16.2. The van der Waals surface area contributed by atoms with Crippen LogP contribution in [-0.4, -0.2) is 39.6 Å². The van der Waals surface area contributed by atoms with Crippen LogP contribution >= 0.6 is 11.8 Å². The van der Waals surface area contributed by atoms with E-state index < -0.39 is 4.92 Å². The van der Waals surface area contributed by atoms with Gasteiger partial charge in [-0.05, 0) is 29.8 Å². The lowest BCUT2D eigenvalue weighted by molar-refractivity contribution is -0.384. The van der Waals surface area contributed by atoms with E-state index in [0.29, 0.717) is 5.95 Å². The van der Waals surface area contributed by atoms with Crippen molar-refractivity contribution in [2.24, 2.45) is 0 Å². The highest BCUT2D eigenvalue weighted by Gasteiger charge is 2.15. The lowest BCUT2D eigenvalue weighted by Crippen LogP contribution is -2.33. The molecule has 0 amide bonds. The van der Waals surface area contributed by atoms with Gasteiger partial charge in [-0.15, -0.1) is 0 Å². The molecular formula is C22H20N6O3S. The summed E-state index contributed by atoms with van der Waals surface area (Å²) in [6, 6.07) is 14.5. The minimum Gasteiger partial charge on any atom is -0.371 e. The Labute approximate surface area is 187 Å². The van der Waals surface area contributed by atoms with E-state index in [9.17, 15) is 10.1 Å². The molecule has 10 heteroatoms. The number of aromatic amines is 1. The van der Waals surface area contributed by atoms with Crippen LogP contribution in [0.3, 0.4) is 0 Å². The van der Waals surface area contributed by atoms with Gasteiger partial charge in [-0.25, -0.2) is 9.97 Å². The maximum absolute atomic E-state index is 10.9. The van der Waals surface area contributed by atoms with Gasteiger partial charge in [0, 0.05) is 42.0 Å². The summed E-state index contributed by atoms with van der Waals surface area (Å²) < 4.78 is 5.79. The number of benzene rings is 2. The van der Waals surface area contributed by atoms with Gasteiger partial charge in [-0.1, -0.05) is 23.9 Å². The summed E-state index contributed by atoms with van der Waals surface area (Å²) in [5.41, 5.74) is 3.68. The van der Waals surface area contributed by atoms with Gasteiger partial charge in [0.1, 0.15) is 5.52 Å². The van der Waals surface area contributed by atoms with Crippen molar-refractivity contribution in [1.29, 1.82) is 0 Å². The van der Waals surface area contributed by atoms with Crippen LogP contribution in [0.1, 0.15) is 11.7 Å². The van der Waals surface area contributed by atoms with Gasteiger partial charge in [-0.3, -0.25) is 10.1 Å². The molecule has 4 aromatic rings. The Balaban J connectivity index is 1.32. The van der Waals surface area contributed by atoms with Crippen LogP contribution in [0.4, 0.5) is 17.3 Å². The number of nitro groups is 1. The molecule has 1 atom stereocenters. The molecule has 2 aromatic heterocycles. The summed E-state index contributed by atoms with van der Waals surface area (Å²) >= 11 is 1.49. The van der Waals surface area contributed by atoms with Crippen LogP contribution in [0.5, 0.6) is 0 Å². The van der Waals surface area contributed by atoms with Crippen LogP contribution in [-0.2, 0) is 4.74 Å². The molecule has 0 bridgehead atoms. The van der Waals surface area contributed by atoms with Crippen molar-refractivity contribution in [3.05, 3.63) is 76.6 Å². The number of hydrogen-bond acceptors (Lipinski definition) is 8. The fourth-order valence-electron chi connectivity index (χ4n) is 3.48. The molecule has 0 spiro atoms. The summed E-state index contributed by atoms with van der Waals surface area (Å²) in [6.45, 7) is 2.42. The highest BCUT2D eigenvalue weighted by atomic mass is 32.2. The Bertz CT molecular complexity index is 1240.